The molecule has 13 heteroatoms. The maximum Gasteiger partial charge on any atom is 0.418 e. The van der Waals surface area contributed by atoms with Crippen LogP contribution in [0.25, 0.3) is 34.3 Å². The van der Waals surface area contributed by atoms with Crippen molar-refractivity contribution in [2.75, 3.05) is 5.32 Å². The number of benzene rings is 3. The van der Waals surface area contributed by atoms with Crippen molar-refractivity contribution >= 4 is 46.2 Å². The van der Waals surface area contributed by atoms with Gasteiger partial charge >= 0.3 is 6.18 Å². The zero-order chi connectivity index (χ0) is 34.0. The Kier molecular flexibility index (Phi) is 8.82. The molecule has 1 N–H and O–H groups in total. The van der Waals surface area contributed by atoms with Crippen molar-refractivity contribution in [2.45, 2.75) is 13.1 Å². The number of alkyl halides is 3. The summed E-state index contributed by atoms with van der Waals surface area (Å²) in [6.07, 6.45) is 1.49. The minimum absolute atomic E-state index is 0.0424. The van der Waals surface area contributed by atoms with Gasteiger partial charge in [-0.1, -0.05) is 48.0 Å². The number of carbonyl (C=O) groups is 1. The summed E-state index contributed by atoms with van der Waals surface area (Å²) < 4.78 is 44.8. The number of nitrogens with zero attached hydrogens (tertiary/aromatic N) is 5. The molecule has 0 atom stereocenters. The summed E-state index contributed by atoms with van der Waals surface area (Å²) in [5.74, 6) is -0.929. The van der Waals surface area contributed by atoms with Gasteiger partial charge in [0.15, 0.2) is 5.57 Å². The van der Waals surface area contributed by atoms with Crippen LogP contribution in [0.1, 0.15) is 16.7 Å². The SMILES string of the molecule is Cc1c(Cl)cccc1NC(=O)C(C#N)=c1sc(=Cc2cn(-c3ccccc3)nc2-c2cccnc2)c(=O)n1-c1ccccc1C(F)(F)F. The van der Waals surface area contributed by atoms with E-state index in [4.69, 9.17) is 16.7 Å². The van der Waals surface area contributed by atoms with Crippen LogP contribution >= 0.6 is 22.9 Å². The molecular weight excluding hydrogens is 661 g/mol. The molecule has 0 radical (unpaired) electrons. The van der Waals surface area contributed by atoms with Crippen LogP contribution in [0.2, 0.25) is 5.02 Å². The standard InChI is InChI=1S/C35H22ClF3N6O2S/c1-21-27(36)13-7-14-28(21)42-32(46)25(18-40)34-45(29-15-6-5-12-26(29)35(37,38)39)33(47)30(48-34)17-23-20-44(24-10-3-2-4-11-24)43-31(23)22-9-8-16-41-19-22/h2-17,19-20H,1H3,(H,42,46). The van der Waals surface area contributed by atoms with Crippen molar-refractivity contribution in [3.8, 4) is 28.7 Å². The molecule has 3 heterocycles. The fourth-order valence-corrected chi connectivity index (χ4v) is 6.24. The molecule has 48 heavy (non-hydrogen) atoms. The molecule has 0 aliphatic carbocycles. The number of thiazole rings is 1. The minimum Gasteiger partial charge on any atom is -0.321 e. The number of aromatic nitrogens is 4. The Balaban J connectivity index is 1.64. The predicted molar refractivity (Wildman–Crippen MR) is 178 cm³/mol. The molecule has 6 rings (SSSR count). The number of para-hydroxylation sites is 2. The average Bonchev–Trinajstić information content (AvgIpc) is 3.65. The van der Waals surface area contributed by atoms with E-state index in [0.29, 0.717) is 44.4 Å². The number of hydrogen-bond acceptors (Lipinski definition) is 6. The first-order chi connectivity index (χ1) is 23.1. The summed E-state index contributed by atoms with van der Waals surface area (Å²) in [4.78, 5) is 31.9. The van der Waals surface area contributed by atoms with Crippen LogP contribution in [0, 0.1) is 18.3 Å². The minimum atomic E-state index is -4.85. The average molecular weight is 683 g/mol. The predicted octanol–water partition coefficient (Wildman–Crippen LogP) is 6.27. The Bertz CT molecular complexity index is 2400. The van der Waals surface area contributed by atoms with Crippen molar-refractivity contribution in [1.82, 2.24) is 19.3 Å². The van der Waals surface area contributed by atoms with Crippen molar-refractivity contribution in [3.63, 3.8) is 0 Å². The molecule has 3 aromatic carbocycles. The van der Waals surface area contributed by atoms with E-state index in [0.717, 1.165) is 22.4 Å². The Hall–Kier alpha value is -5.77. The van der Waals surface area contributed by atoms with Crippen LogP contribution in [0.15, 0.2) is 108 Å². The molecule has 6 aromatic rings. The third-order valence-corrected chi connectivity index (χ3v) is 8.83. The van der Waals surface area contributed by atoms with E-state index in [2.05, 4.69) is 10.3 Å². The lowest BCUT2D eigenvalue weighted by Gasteiger charge is -2.13. The van der Waals surface area contributed by atoms with Crippen molar-refractivity contribution < 1.29 is 18.0 Å². The van der Waals surface area contributed by atoms with Gasteiger partial charge in [0, 0.05) is 40.4 Å². The molecule has 0 saturated heterocycles. The van der Waals surface area contributed by atoms with Crippen molar-refractivity contribution in [3.05, 3.63) is 145 Å². The molecule has 0 saturated carbocycles. The number of nitriles is 1. The highest BCUT2D eigenvalue weighted by molar-refractivity contribution is 7.07. The highest BCUT2D eigenvalue weighted by Gasteiger charge is 2.34. The van der Waals surface area contributed by atoms with Gasteiger partial charge in [-0.25, -0.2) is 4.68 Å². The van der Waals surface area contributed by atoms with Gasteiger partial charge in [0.25, 0.3) is 11.5 Å². The first-order valence-corrected chi connectivity index (χ1v) is 15.4. The molecule has 3 aromatic heterocycles. The molecule has 0 unspecified atom stereocenters. The van der Waals surface area contributed by atoms with Gasteiger partial charge in [0.2, 0.25) is 0 Å². The van der Waals surface area contributed by atoms with Crippen LogP contribution < -0.4 is 20.1 Å². The second kappa shape index (κ2) is 13.2. The number of halogens is 4. The zero-order valence-electron chi connectivity index (χ0n) is 24.9. The normalized spacial score (nSPS) is 12.5. The van der Waals surface area contributed by atoms with Crippen LogP contribution in [0.3, 0.4) is 0 Å². The highest BCUT2D eigenvalue weighted by atomic mass is 35.5. The summed E-state index contributed by atoms with van der Waals surface area (Å²) >= 11 is 6.92. The van der Waals surface area contributed by atoms with Gasteiger partial charge < -0.3 is 5.32 Å². The van der Waals surface area contributed by atoms with Crippen molar-refractivity contribution in [2.24, 2.45) is 0 Å². The molecule has 0 fully saturated rings. The van der Waals surface area contributed by atoms with E-state index in [-0.39, 0.29) is 9.20 Å². The lowest BCUT2D eigenvalue weighted by molar-refractivity contribution is -0.137. The van der Waals surface area contributed by atoms with E-state index in [1.807, 2.05) is 36.4 Å². The monoisotopic (exact) mass is 682 g/mol. The van der Waals surface area contributed by atoms with Gasteiger partial charge in [0.05, 0.1) is 21.5 Å². The first kappa shape index (κ1) is 32.2. The lowest BCUT2D eigenvalue weighted by Crippen LogP contribution is -2.33. The van der Waals surface area contributed by atoms with Crippen LogP contribution in [0.5, 0.6) is 0 Å². The smallest absolute Gasteiger partial charge is 0.321 e. The molecule has 8 nitrogen and oxygen atoms in total. The topological polar surface area (TPSA) is 106 Å². The summed E-state index contributed by atoms with van der Waals surface area (Å²) in [5, 5.41) is 17.9. The van der Waals surface area contributed by atoms with Crippen LogP contribution in [-0.2, 0) is 11.0 Å². The first-order valence-electron chi connectivity index (χ1n) is 14.2. The summed E-state index contributed by atoms with van der Waals surface area (Å²) in [5.41, 5.74) is -0.0333. The Morgan fingerprint density at radius 1 is 1.02 bits per heavy atom. The van der Waals surface area contributed by atoms with E-state index in [1.165, 1.54) is 18.2 Å². The Morgan fingerprint density at radius 2 is 1.77 bits per heavy atom. The third-order valence-electron chi connectivity index (χ3n) is 7.33. The largest absolute Gasteiger partial charge is 0.418 e. The number of hydrogen-bond donors (Lipinski definition) is 1. The second-order valence-electron chi connectivity index (χ2n) is 10.4. The molecule has 0 aliphatic heterocycles. The number of anilines is 1. The van der Waals surface area contributed by atoms with Gasteiger partial charge in [-0.2, -0.15) is 23.5 Å². The molecule has 1 amide bonds. The maximum atomic E-state index is 14.3. The zero-order valence-corrected chi connectivity index (χ0v) is 26.4. The molecular formula is C35H22ClF3N6O2S. The number of rotatable bonds is 6. The van der Waals surface area contributed by atoms with E-state index in [9.17, 15) is 28.0 Å². The Morgan fingerprint density at radius 3 is 2.48 bits per heavy atom. The number of carbonyl (C=O) groups excluding carboxylic acids is 1. The highest BCUT2D eigenvalue weighted by Crippen LogP contribution is 2.33. The second-order valence-corrected chi connectivity index (χ2v) is 11.8. The lowest BCUT2D eigenvalue weighted by atomic mass is 10.1. The van der Waals surface area contributed by atoms with Gasteiger partial charge in [-0.3, -0.25) is 19.1 Å². The van der Waals surface area contributed by atoms with Gasteiger partial charge in [-0.15, -0.1) is 11.3 Å². The number of pyridine rings is 1. The van der Waals surface area contributed by atoms with Gasteiger partial charge in [-0.05, 0) is 67.1 Å². The molecule has 0 aliphatic rings. The molecule has 238 valence electrons. The summed E-state index contributed by atoms with van der Waals surface area (Å²) in [6.45, 7) is 1.66. The fraction of sp³-hybridized carbons (Fsp3) is 0.0571. The van der Waals surface area contributed by atoms with Crippen LogP contribution in [-0.4, -0.2) is 25.2 Å². The van der Waals surface area contributed by atoms with E-state index >= 15 is 0 Å². The number of nitrogens with one attached hydrogen (secondary N) is 1. The summed E-state index contributed by atoms with van der Waals surface area (Å²) in [6, 6.07) is 23.8. The third kappa shape index (κ3) is 6.29. The number of amides is 1. The molecule has 0 bridgehead atoms. The maximum absolute atomic E-state index is 14.3. The summed E-state index contributed by atoms with van der Waals surface area (Å²) in [7, 11) is 0. The van der Waals surface area contributed by atoms with E-state index in [1.54, 1.807) is 60.5 Å². The fourth-order valence-electron chi connectivity index (χ4n) is 4.97. The quantitative estimate of drug-likeness (QED) is 0.223. The van der Waals surface area contributed by atoms with E-state index < -0.39 is 34.5 Å². The van der Waals surface area contributed by atoms with Crippen LogP contribution in [0.4, 0.5) is 18.9 Å². The van der Waals surface area contributed by atoms with Crippen molar-refractivity contribution in [1.29, 1.82) is 5.26 Å². The molecule has 0 spiro atoms. The Labute approximate surface area is 279 Å². The van der Waals surface area contributed by atoms with Gasteiger partial charge in [0.1, 0.15) is 16.4 Å².